The van der Waals surface area contributed by atoms with E-state index in [1.807, 2.05) is 17.0 Å². The average molecular weight is 368 g/mol. The number of hydrogen-bond donors (Lipinski definition) is 2. The topological polar surface area (TPSA) is 65.7 Å². The van der Waals surface area contributed by atoms with E-state index in [9.17, 15) is 9.90 Å². The summed E-state index contributed by atoms with van der Waals surface area (Å²) in [4.78, 5) is 14.3. The van der Waals surface area contributed by atoms with Gasteiger partial charge in [-0.3, -0.25) is 4.79 Å². The van der Waals surface area contributed by atoms with E-state index in [0.29, 0.717) is 17.6 Å². The van der Waals surface area contributed by atoms with Crippen molar-refractivity contribution in [1.29, 1.82) is 0 Å². The zero-order valence-corrected chi connectivity index (χ0v) is 15.7. The number of aromatic hydroxyl groups is 1. The zero-order valence-electron chi connectivity index (χ0n) is 15.7. The predicted octanol–water partition coefficient (Wildman–Crippen LogP) is 3.96. The molecule has 0 spiro atoms. The second kappa shape index (κ2) is 8.17. The minimum absolute atomic E-state index is 0.0394. The number of carbonyl (C=O) groups is 1. The van der Waals surface area contributed by atoms with Crippen LogP contribution in [0.15, 0.2) is 34.7 Å². The summed E-state index contributed by atoms with van der Waals surface area (Å²) in [7, 11) is 0. The number of phenolic OH excluding ortho intramolecular Hbond substituents is 1. The lowest BCUT2D eigenvalue weighted by molar-refractivity contribution is 0.0762. The standard InChI is InChI=1S/C22H28N2O3/c25-19-14-16(6-7-18-5-1-2-10-23-18)13-17(15-19)20-8-9-21(27-20)22(26)24-11-3-4-12-24/h8-9,13-15,18,23,25H,1-7,10-12H2/t18-/m1/s1. The number of nitrogens with zero attached hydrogens (tertiary/aromatic N) is 1. The van der Waals surface area contributed by atoms with Crippen molar-refractivity contribution in [3.8, 4) is 17.1 Å². The molecule has 2 aromatic rings. The van der Waals surface area contributed by atoms with Crippen LogP contribution in [-0.2, 0) is 6.42 Å². The molecule has 0 radical (unpaired) electrons. The monoisotopic (exact) mass is 368 g/mol. The first-order chi connectivity index (χ1) is 13.2. The third-order valence-electron chi connectivity index (χ3n) is 5.67. The van der Waals surface area contributed by atoms with Crippen LogP contribution in [0.5, 0.6) is 5.75 Å². The van der Waals surface area contributed by atoms with Gasteiger partial charge in [-0.25, -0.2) is 0 Å². The van der Waals surface area contributed by atoms with Crippen molar-refractivity contribution in [1.82, 2.24) is 10.2 Å². The van der Waals surface area contributed by atoms with Gasteiger partial charge in [0.25, 0.3) is 5.91 Å². The van der Waals surface area contributed by atoms with Gasteiger partial charge in [0.2, 0.25) is 0 Å². The van der Waals surface area contributed by atoms with Crippen molar-refractivity contribution in [3.63, 3.8) is 0 Å². The van der Waals surface area contributed by atoms with Crippen LogP contribution in [0.2, 0.25) is 0 Å². The summed E-state index contributed by atoms with van der Waals surface area (Å²) in [5.74, 6) is 1.21. The van der Waals surface area contributed by atoms with Gasteiger partial charge in [0, 0.05) is 24.7 Å². The highest BCUT2D eigenvalue weighted by Gasteiger charge is 2.22. The smallest absolute Gasteiger partial charge is 0.289 e. The molecule has 2 fully saturated rings. The molecule has 4 rings (SSSR count). The molecule has 1 amide bonds. The molecular weight excluding hydrogens is 340 g/mol. The SMILES string of the molecule is O=C(c1ccc(-c2cc(O)cc(CC[C@H]3CCCCN3)c2)o1)N1CCCC1. The van der Waals surface area contributed by atoms with Crippen LogP contribution in [0.1, 0.15) is 54.6 Å². The lowest BCUT2D eigenvalue weighted by Gasteiger charge is -2.23. The molecule has 5 nitrogen and oxygen atoms in total. The van der Waals surface area contributed by atoms with Crippen LogP contribution in [0.25, 0.3) is 11.3 Å². The molecule has 1 aromatic heterocycles. The summed E-state index contributed by atoms with van der Waals surface area (Å²) >= 11 is 0. The fraction of sp³-hybridized carbons (Fsp3) is 0.500. The molecule has 0 saturated carbocycles. The van der Waals surface area contributed by atoms with Crippen molar-refractivity contribution in [2.75, 3.05) is 19.6 Å². The van der Waals surface area contributed by atoms with Gasteiger partial charge in [0.15, 0.2) is 5.76 Å². The van der Waals surface area contributed by atoms with Crippen LogP contribution in [0.3, 0.4) is 0 Å². The molecule has 144 valence electrons. The lowest BCUT2D eigenvalue weighted by atomic mass is 9.97. The number of piperidine rings is 1. The number of benzene rings is 1. The van der Waals surface area contributed by atoms with Crippen molar-refractivity contribution >= 4 is 5.91 Å². The maximum absolute atomic E-state index is 12.5. The molecule has 2 aliphatic heterocycles. The largest absolute Gasteiger partial charge is 0.508 e. The van der Waals surface area contributed by atoms with E-state index >= 15 is 0 Å². The van der Waals surface area contributed by atoms with E-state index in [4.69, 9.17) is 4.42 Å². The maximum atomic E-state index is 12.5. The third kappa shape index (κ3) is 4.35. The Balaban J connectivity index is 1.46. The van der Waals surface area contributed by atoms with E-state index < -0.39 is 0 Å². The Morgan fingerprint density at radius 1 is 1.15 bits per heavy atom. The molecule has 1 aromatic carbocycles. The molecule has 27 heavy (non-hydrogen) atoms. The van der Waals surface area contributed by atoms with Gasteiger partial charge in [-0.1, -0.05) is 6.42 Å². The van der Waals surface area contributed by atoms with E-state index in [-0.39, 0.29) is 11.7 Å². The van der Waals surface area contributed by atoms with Gasteiger partial charge in [0.1, 0.15) is 11.5 Å². The summed E-state index contributed by atoms with van der Waals surface area (Å²) in [6.45, 7) is 2.72. The van der Waals surface area contributed by atoms with Crippen molar-refractivity contribution < 1.29 is 14.3 Å². The minimum atomic E-state index is -0.0394. The van der Waals surface area contributed by atoms with Crippen LogP contribution in [0, 0.1) is 0 Å². The Kier molecular flexibility index (Phi) is 5.48. The molecule has 2 N–H and O–H groups in total. The minimum Gasteiger partial charge on any atom is -0.508 e. The van der Waals surface area contributed by atoms with E-state index in [0.717, 1.165) is 56.4 Å². The van der Waals surface area contributed by atoms with Crippen LogP contribution >= 0.6 is 0 Å². The molecule has 3 heterocycles. The van der Waals surface area contributed by atoms with Gasteiger partial charge in [-0.15, -0.1) is 0 Å². The van der Waals surface area contributed by atoms with Crippen molar-refractivity contribution in [2.45, 2.75) is 51.0 Å². The molecular formula is C22H28N2O3. The summed E-state index contributed by atoms with van der Waals surface area (Å²) < 4.78 is 5.83. The Bertz CT molecular complexity index is 787. The summed E-state index contributed by atoms with van der Waals surface area (Å²) in [6, 6.07) is 9.72. The highest BCUT2D eigenvalue weighted by atomic mass is 16.4. The zero-order chi connectivity index (χ0) is 18.6. The Labute approximate surface area is 160 Å². The maximum Gasteiger partial charge on any atom is 0.289 e. The van der Waals surface area contributed by atoms with Crippen LogP contribution in [0.4, 0.5) is 0 Å². The number of hydrogen-bond acceptors (Lipinski definition) is 4. The first-order valence-corrected chi connectivity index (χ1v) is 10.1. The quantitative estimate of drug-likeness (QED) is 0.838. The van der Waals surface area contributed by atoms with E-state index in [2.05, 4.69) is 11.4 Å². The number of phenols is 1. The van der Waals surface area contributed by atoms with Crippen LogP contribution < -0.4 is 5.32 Å². The van der Waals surface area contributed by atoms with Gasteiger partial charge in [-0.2, -0.15) is 0 Å². The normalized spacial score (nSPS) is 20.1. The number of nitrogens with one attached hydrogen (secondary N) is 1. The second-order valence-corrected chi connectivity index (χ2v) is 7.74. The summed E-state index contributed by atoms with van der Waals surface area (Å²) in [6.07, 6.45) is 7.90. The highest BCUT2D eigenvalue weighted by Crippen LogP contribution is 2.29. The molecule has 0 unspecified atom stereocenters. The van der Waals surface area contributed by atoms with Crippen molar-refractivity contribution in [2.24, 2.45) is 0 Å². The highest BCUT2D eigenvalue weighted by molar-refractivity contribution is 5.92. The van der Waals surface area contributed by atoms with Gasteiger partial charge in [-0.05, 0) is 81.0 Å². The molecule has 0 bridgehead atoms. The second-order valence-electron chi connectivity index (χ2n) is 7.74. The molecule has 2 saturated heterocycles. The van der Waals surface area contributed by atoms with Gasteiger partial charge >= 0.3 is 0 Å². The van der Waals surface area contributed by atoms with Crippen molar-refractivity contribution in [3.05, 3.63) is 41.7 Å². The first kappa shape index (κ1) is 18.1. The number of rotatable bonds is 5. The van der Waals surface area contributed by atoms with Crippen LogP contribution in [-0.4, -0.2) is 41.6 Å². The average Bonchev–Trinajstić information content (AvgIpc) is 3.38. The molecule has 5 heteroatoms. The van der Waals surface area contributed by atoms with E-state index in [1.165, 1.54) is 19.3 Å². The Hall–Kier alpha value is -2.27. The fourth-order valence-corrected chi connectivity index (χ4v) is 4.16. The number of aryl methyl sites for hydroxylation is 1. The van der Waals surface area contributed by atoms with Gasteiger partial charge in [0.05, 0.1) is 0 Å². The molecule has 1 atom stereocenters. The molecule has 0 aliphatic carbocycles. The number of furan rings is 1. The van der Waals surface area contributed by atoms with E-state index in [1.54, 1.807) is 12.1 Å². The van der Waals surface area contributed by atoms with Gasteiger partial charge < -0.3 is 19.7 Å². The summed E-state index contributed by atoms with van der Waals surface area (Å²) in [5, 5.41) is 13.7. The number of likely N-dealkylation sites (tertiary alicyclic amines) is 1. The molecule has 2 aliphatic rings. The lowest BCUT2D eigenvalue weighted by Crippen LogP contribution is -2.34. The first-order valence-electron chi connectivity index (χ1n) is 10.1. The fourth-order valence-electron chi connectivity index (χ4n) is 4.16. The third-order valence-corrected chi connectivity index (χ3v) is 5.67. The Morgan fingerprint density at radius 2 is 2.00 bits per heavy atom. The predicted molar refractivity (Wildman–Crippen MR) is 105 cm³/mol. The Morgan fingerprint density at radius 3 is 2.78 bits per heavy atom. The number of amides is 1. The number of carbonyl (C=O) groups excluding carboxylic acids is 1. The summed E-state index contributed by atoms with van der Waals surface area (Å²) in [5.41, 5.74) is 1.92.